The van der Waals surface area contributed by atoms with Gasteiger partial charge in [-0.3, -0.25) is 4.79 Å². The zero-order valence-corrected chi connectivity index (χ0v) is 15.0. The monoisotopic (exact) mass is 389 g/mol. The first-order valence-corrected chi connectivity index (χ1v) is 9.87. The van der Waals surface area contributed by atoms with Crippen molar-refractivity contribution in [3.63, 3.8) is 0 Å². The lowest BCUT2D eigenvalue weighted by Gasteiger charge is -2.18. The van der Waals surface area contributed by atoms with E-state index in [1.54, 1.807) is 22.9 Å². The molecule has 0 radical (unpaired) electrons. The number of aryl methyl sites for hydroxylation is 1. The molecule has 2 N–H and O–H groups in total. The Kier molecular flexibility index (Phi) is 3.78. The van der Waals surface area contributed by atoms with E-state index in [0.29, 0.717) is 22.5 Å². The van der Waals surface area contributed by atoms with Crippen molar-refractivity contribution < 1.29 is 22.7 Å². The number of benzene rings is 2. The van der Waals surface area contributed by atoms with E-state index in [-0.39, 0.29) is 10.8 Å². The number of phenols is 1. The predicted molar refractivity (Wildman–Crippen MR) is 95.6 cm³/mol. The van der Waals surface area contributed by atoms with Gasteiger partial charge in [0.1, 0.15) is 18.0 Å². The number of fused-ring (bicyclic) bond motifs is 1. The van der Waals surface area contributed by atoms with Crippen LogP contribution in [0.3, 0.4) is 0 Å². The van der Waals surface area contributed by atoms with Gasteiger partial charge in [-0.05, 0) is 48.8 Å². The maximum atomic E-state index is 15.1. The Morgan fingerprint density at radius 3 is 2.67 bits per heavy atom. The second kappa shape index (κ2) is 5.82. The summed E-state index contributed by atoms with van der Waals surface area (Å²) in [5.74, 6) is -2.27. The Morgan fingerprint density at radius 2 is 2.07 bits per heavy atom. The van der Waals surface area contributed by atoms with E-state index in [9.17, 15) is 23.6 Å². The molecule has 2 aromatic carbocycles. The molecule has 1 aliphatic carbocycles. The van der Waals surface area contributed by atoms with Crippen molar-refractivity contribution in [2.75, 3.05) is 10.8 Å². The highest BCUT2D eigenvalue weighted by atomic mass is 32.2. The Hall–Kier alpha value is -2.86. The maximum absolute atomic E-state index is 15.1. The van der Waals surface area contributed by atoms with Crippen molar-refractivity contribution >= 4 is 32.6 Å². The average Bonchev–Trinajstić information content (AvgIpc) is 3.34. The van der Waals surface area contributed by atoms with Crippen molar-refractivity contribution in [1.82, 2.24) is 4.72 Å². The van der Waals surface area contributed by atoms with Crippen molar-refractivity contribution in [1.29, 1.82) is 5.26 Å². The van der Waals surface area contributed by atoms with E-state index in [2.05, 4.69) is 6.07 Å². The number of carbonyl (C=O) groups is 1. The molecule has 0 atom stereocenters. The van der Waals surface area contributed by atoms with Crippen molar-refractivity contribution in [3.8, 4) is 11.8 Å². The van der Waals surface area contributed by atoms with Crippen molar-refractivity contribution in [2.45, 2.75) is 25.7 Å². The second-order valence-corrected chi connectivity index (χ2v) is 8.64. The fraction of sp³-hybridized carbons (Fsp3) is 0.333. The molecule has 140 valence electrons. The third-order valence-electron chi connectivity index (χ3n) is 5.15. The molecule has 27 heavy (non-hydrogen) atoms. The van der Waals surface area contributed by atoms with E-state index in [4.69, 9.17) is 0 Å². The number of halogens is 1. The van der Waals surface area contributed by atoms with Crippen LogP contribution < -0.4 is 9.03 Å². The topological polar surface area (TPSA) is 110 Å². The van der Waals surface area contributed by atoms with E-state index in [1.165, 1.54) is 6.07 Å². The summed E-state index contributed by atoms with van der Waals surface area (Å²) in [6, 6.07) is 8.63. The van der Waals surface area contributed by atoms with Gasteiger partial charge in [0.15, 0.2) is 5.82 Å². The molecule has 0 spiro atoms. The van der Waals surface area contributed by atoms with Gasteiger partial charge < -0.3 is 5.11 Å². The molecule has 1 aliphatic heterocycles. The summed E-state index contributed by atoms with van der Waals surface area (Å²) in [4.78, 5) is 11.4. The fourth-order valence-corrected chi connectivity index (χ4v) is 4.53. The Bertz CT molecular complexity index is 1120. The standard InChI is InChI=1S/C18H16FN3O4S/c19-16-13-7-11(3-4-18(10-20)5-6-18)1-2-12(13)8-14(23)17(16)22-9-15(24)21-27(22,25)26/h1-2,7-8,23H,3-6,9H2,(H,21,24). The number of nitrogens with zero attached hydrogens (tertiary/aromatic N) is 2. The van der Waals surface area contributed by atoms with Crippen LogP contribution in [-0.2, 0) is 21.4 Å². The van der Waals surface area contributed by atoms with Crippen LogP contribution in [0.15, 0.2) is 24.3 Å². The van der Waals surface area contributed by atoms with Crippen LogP contribution in [0.2, 0.25) is 0 Å². The minimum absolute atomic E-state index is 0.150. The molecule has 2 fully saturated rings. The molecule has 0 unspecified atom stereocenters. The van der Waals surface area contributed by atoms with Crippen LogP contribution in [-0.4, -0.2) is 26.0 Å². The number of nitriles is 1. The smallest absolute Gasteiger partial charge is 0.326 e. The fourth-order valence-electron chi connectivity index (χ4n) is 3.37. The molecule has 1 saturated heterocycles. The van der Waals surface area contributed by atoms with Crippen LogP contribution in [0.1, 0.15) is 24.8 Å². The number of rotatable bonds is 4. The van der Waals surface area contributed by atoms with Crippen LogP contribution in [0.25, 0.3) is 10.8 Å². The van der Waals surface area contributed by atoms with Gasteiger partial charge in [0, 0.05) is 5.39 Å². The first-order valence-electron chi connectivity index (χ1n) is 8.43. The number of hydrogen-bond acceptors (Lipinski definition) is 5. The number of aromatic hydroxyl groups is 1. The molecule has 4 rings (SSSR count). The first kappa shape index (κ1) is 17.5. The third-order valence-corrected chi connectivity index (χ3v) is 6.53. The molecular formula is C18H16FN3O4S. The Balaban J connectivity index is 1.75. The van der Waals surface area contributed by atoms with Crippen LogP contribution in [0, 0.1) is 22.6 Å². The van der Waals surface area contributed by atoms with Crippen molar-refractivity contribution in [2.24, 2.45) is 5.41 Å². The van der Waals surface area contributed by atoms with E-state index < -0.39 is 39.9 Å². The molecule has 0 aromatic heterocycles. The van der Waals surface area contributed by atoms with Gasteiger partial charge in [-0.1, -0.05) is 12.1 Å². The van der Waals surface area contributed by atoms with Crippen LogP contribution in [0.5, 0.6) is 5.75 Å². The van der Waals surface area contributed by atoms with Gasteiger partial charge in [-0.15, -0.1) is 0 Å². The highest BCUT2D eigenvalue weighted by molar-refractivity contribution is 7.92. The average molecular weight is 389 g/mol. The summed E-state index contributed by atoms with van der Waals surface area (Å²) in [6.45, 7) is -0.595. The Labute approximate surface area is 155 Å². The lowest BCUT2D eigenvalue weighted by atomic mass is 9.96. The quantitative estimate of drug-likeness (QED) is 0.832. The lowest BCUT2D eigenvalue weighted by Crippen LogP contribution is -2.30. The highest BCUT2D eigenvalue weighted by Gasteiger charge is 2.42. The van der Waals surface area contributed by atoms with E-state index in [1.807, 2.05) is 0 Å². The van der Waals surface area contributed by atoms with Gasteiger partial charge in [-0.2, -0.15) is 13.7 Å². The summed E-state index contributed by atoms with van der Waals surface area (Å²) < 4.78 is 41.5. The molecule has 2 aliphatic rings. The number of amides is 1. The SMILES string of the molecule is N#CC1(CCc2ccc3cc(O)c(N4CC(=O)NS4(=O)=O)c(F)c3c2)CC1. The third kappa shape index (κ3) is 2.96. The van der Waals surface area contributed by atoms with Gasteiger partial charge in [0.25, 0.3) is 5.91 Å². The van der Waals surface area contributed by atoms with Crippen LogP contribution >= 0.6 is 0 Å². The number of carbonyl (C=O) groups excluding carboxylic acids is 1. The van der Waals surface area contributed by atoms with Gasteiger partial charge in [0.05, 0.1) is 11.5 Å². The van der Waals surface area contributed by atoms with Crippen LogP contribution in [0.4, 0.5) is 10.1 Å². The normalized spacial score (nSPS) is 19.7. The molecular weight excluding hydrogens is 373 g/mol. The van der Waals surface area contributed by atoms with Gasteiger partial charge in [-0.25, -0.2) is 13.4 Å². The predicted octanol–water partition coefficient (Wildman–Crippen LogP) is 2.10. The second-order valence-electron chi connectivity index (χ2n) is 7.04. The number of phenolic OH excluding ortho intramolecular Hbond substituents is 1. The van der Waals surface area contributed by atoms with E-state index >= 15 is 4.39 Å². The number of hydrogen-bond donors (Lipinski definition) is 2. The zero-order valence-electron chi connectivity index (χ0n) is 14.2. The largest absolute Gasteiger partial charge is 0.506 e. The lowest BCUT2D eigenvalue weighted by molar-refractivity contribution is -0.117. The summed E-state index contributed by atoms with van der Waals surface area (Å²) >= 11 is 0. The molecule has 2 aromatic rings. The molecule has 1 amide bonds. The molecule has 1 saturated carbocycles. The first-order chi connectivity index (χ1) is 12.7. The molecule has 9 heteroatoms. The number of nitrogens with one attached hydrogen (secondary N) is 1. The number of anilines is 1. The summed E-state index contributed by atoms with van der Waals surface area (Å²) in [7, 11) is -4.24. The maximum Gasteiger partial charge on any atom is 0.326 e. The van der Waals surface area contributed by atoms with Gasteiger partial charge in [0.2, 0.25) is 0 Å². The molecule has 7 nitrogen and oxygen atoms in total. The van der Waals surface area contributed by atoms with Crippen molar-refractivity contribution in [3.05, 3.63) is 35.6 Å². The molecule has 1 heterocycles. The summed E-state index contributed by atoms with van der Waals surface area (Å²) in [5, 5.41) is 19.9. The Morgan fingerprint density at radius 1 is 1.33 bits per heavy atom. The summed E-state index contributed by atoms with van der Waals surface area (Å²) in [5.41, 5.74) is -0.00440. The highest BCUT2D eigenvalue weighted by Crippen LogP contribution is 2.48. The zero-order chi connectivity index (χ0) is 19.4. The van der Waals surface area contributed by atoms with E-state index in [0.717, 1.165) is 18.4 Å². The van der Waals surface area contributed by atoms with Gasteiger partial charge >= 0.3 is 10.2 Å². The minimum atomic E-state index is -4.24. The summed E-state index contributed by atoms with van der Waals surface area (Å²) in [6.07, 6.45) is 3.02. The molecule has 0 bridgehead atoms. The minimum Gasteiger partial charge on any atom is -0.506 e.